The Kier molecular flexibility index (Phi) is 4.29. The normalized spacial score (nSPS) is 18.2. The molecule has 0 aromatic heterocycles. The zero-order valence-corrected chi connectivity index (χ0v) is 15.8. The van der Waals surface area contributed by atoms with Crippen LogP contribution in [0.25, 0.3) is 5.70 Å². The van der Waals surface area contributed by atoms with Crippen molar-refractivity contribution in [1.82, 2.24) is 4.90 Å². The van der Waals surface area contributed by atoms with Gasteiger partial charge in [-0.1, -0.05) is 24.8 Å². The molecule has 0 aliphatic carbocycles. The molecule has 0 bridgehead atoms. The maximum Gasteiger partial charge on any atom is 0.306 e. The van der Waals surface area contributed by atoms with E-state index >= 15 is 0 Å². The van der Waals surface area contributed by atoms with Gasteiger partial charge in [0.05, 0.1) is 11.7 Å². The van der Waals surface area contributed by atoms with E-state index in [9.17, 15) is 13.6 Å². The summed E-state index contributed by atoms with van der Waals surface area (Å²) in [5.41, 5.74) is 4.88. The lowest BCUT2D eigenvalue weighted by Gasteiger charge is -2.31. The summed E-state index contributed by atoms with van der Waals surface area (Å²) < 4.78 is 28.7. The third kappa shape index (κ3) is 2.89. The fourth-order valence-electron chi connectivity index (χ4n) is 3.85. The van der Waals surface area contributed by atoms with Crippen LogP contribution in [0.3, 0.4) is 0 Å². The molecule has 28 heavy (non-hydrogen) atoms. The largest absolute Gasteiger partial charge is 0.378 e. The molecule has 4 nitrogen and oxygen atoms in total. The quantitative estimate of drug-likeness (QED) is 0.728. The van der Waals surface area contributed by atoms with Crippen LogP contribution in [0.5, 0.6) is 0 Å². The molecule has 2 aliphatic rings. The number of hydrogen-bond donors (Lipinski definition) is 1. The zero-order chi connectivity index (χ0) is 20.1. The molecule has 1 atom stereocenters. The molecule has 0 spiro atoms. The van der Waals surface area contributed by atoms with E-state index in [0.29, 0.717) is 22.6 Å². The third-order valence-corrected chi connectivity index (χ3v) is 5.30. The van der Waals surface area contributed by atoms with Crippen molar-refractivity contribution in [2.24, 2.45) is 4.99 Å². The van der Waals surface area contributed by atoms with Crippen LogP contribution in [0.4, 0.5) is 20.2 Å². The highest BCUT2D eigenvalue weighted by molar-refractivity contribution is 6.03. The predicted molar refractivity (Wildman–Crippen MR) is 107 cm³/mol. The zero-order valence-electron chi connectivity index (χ0n) is 15.8. The van der Waals surface area contributed by atoms with Gasteiger partial charge in [0.15, 0.2) is 12.1 Å². The number of carbonyl (C=O) groups is 1. The Balaban J connectivity index is 1.80. The van der Waals surface area contributed by atoms with E-state index in [1.54, 1.807) is 12.1 Å². The van der Waals surface area contributed by atoms with E-state index in [0.717, 1.165) is 23.0 Å². The van der Waals surface area contributed by atoms with Crippen molar-refractivity contribution in [3.63, 3.8) is 0 Å². The van der Waals surface area contributed by atoms with Gasteiger partial charge in [-0.05, 0) is 37.6 Å². The number of nitrogens with zero attached hydrogens (tertiary/aromatic N) is 2. The first-order valence-electron chi connectivity index (χ1n) is 9.21. The molecule has 1 saturated heterocycles. The van der Waals surface area contributed by atoms with Crippen molar-refractivity contribution < 1.29 is 13.6 Å². The van der Waals surface area contributed by atoms with Gasteiger partial charge in [-0.2, -0.15) is 8.78 Å². The fraction of sp³-hybridized carbons (Fsp3) is 0.273. The molecule has 1 unspecified atom stereocenters. The van der Waals surface area contributed by atoms with Gasteiger partial charge in [-0.15, -0.1) is 0 Å². The van der Waals surface area contributed by atoms with E-state index in [2.05, 4.69) is 16.9 Å². The molecule has 1 fully saturated rings. The minimum Gasteiger partial charge on any atom is -0.378 e. The smallest absolute Gasteiger partial charge is 0.306 e. The van der Waals surface area contributed by atoms with Gasteiger partial charge in [0, 0.05) is 41.0 Å². The van der Waals surface area contributed by atoms with Crippen LogP contribution in [0.1, 0.15) is 46.4 Å². The number of nitrogens with one attached hydrogen (secondary N) is 1. The molecule has 2 aliphatic heterocycles. The first-order valence-corrected chi connectivity index (χ1v) is 9.21. The molecule has 2 aromatic carbocycles. The van der Waals surface area contributed by atoms with Crippen LogP contribution in [0.15, 0.2) is 48.0 Å². The molecule has 1 N–H and O–H groups in total. The highest BCUT2D eigenvalue weighted by atomic mass is 19.3. The predicted octanol–water partition coefficient (Wildman–Crippen LogP) is 5.34. The Morgan fingerprint density at radius 2 is 2.07 bits per heavy atom. The molecule has 0 amide bonds. The van der Waals surface area contributed by atoms with Gasteiger partial charge in [0.25, 0.3) is 0 Å². The highest BCUT2D eigenvalue weighted by Crippen LogP contribution is 2.45. The molecule has 2 heterocycles. The number of aldehydes is 1. The maximum absolute atomic E-state index is 14.3. The minimum atomic E-state index is -2.95. The lowest BCUT2D eigenvalue weighted by atomic mass is 9.95. The van der Waals surface area contributed by atoms with E-state index in [-0.39, 0.29) is 24.8 Å². The number of anilines is 1. The summed E-state index contributed by atoms with van der Waals surface area (Å²) in [5, 5.41) is 3.32. The van der Waals surface area contributed by atoms with E-state index in [1.165, 1.54) is 4.90 Å². The van der Waals surface area contributed by atoms with Crippen LogP contribution in [-0.4, -0.2) is 29.5 Å². The Morgan fingerprint density at radius 1 is 1.32 bits per heavy atom. The number of alkyl halides is 2. The van der Waals surface area contributed by atoms with Gasteiger partial charge >= 0.3 is 5.92 Å². The summed E-state index contributed by atoms with van der Waals surface area (Å²) in [6.45, 7) is 8.17. The molecular formula is C22H21F2N3O. The van der Waals surface area contributed by atoms with E-state index < -0.39 is 5.92 Å². The first-order chi connectivity index (χ1) is 13.3. The van der Waals surface area contributed by atoms with Crippen molar-refractivity contribution in [3.8, 4) is 0 Å². The summed E-state index contributed by atoms with van der Waals surface area (Å²) in [7, 11) is 0. The first kappa shape index (κ1) is 18.3. The Hall–Kier alpha value is -3.02. The average Bonchev–Trinajstić information content (AvgIpc) is 2.97. The molecule has 144 valence electrons. The van der Waals surface area contributed by atoms with E-state index in [1.807, 2.05) is 38.1 Å². The standard InChI is InChI=1S/C22H21F2N3O/c1-13-10-17(14(2)25-19-7-5-4-6-16(19)12-28)20-18(11-13)15(3)27-9-8-22(23,24)21(27)26-20/h4-7,10-12,14,25H,3,8-9H2,1-2H3. The van der Waals surface area contributed by atoms with Crippen LogP contribution in [-0.2, 0) is 0 Å². The van der Waals surface area contributed by atoms with Gasteiger partial charge < -0.3 is 10.2 Å². The van der Waals surface area contributed by atoms with Gasteiger partial charge in [0.1, 0.15) is 0 Å². The number of carbonyl (C=O) groups excluding carboxylic acids is 1. The SMILES string of the molecule is C=C1c2cc(C)cc(C(C)Nc3ccccc3C=O)c2N=C2N1CCC2(F)F. The van der Waals surface area contributed by atoms with Gasteiger partial charge in [-0.3, -0.25) is 4.79 Å². The number of fused-ring (bicyclic) bond motifs is 2. The van der Waals surface area contributed by atoms with Crippen LogP contribution in [0.2, 0.25) is 0 Å². The van der Waals surface area contributed by atoms with Crippen LogP contribution >= 0.6 is 0 Å². The molecule has 4 rings (SSSR count). The average molecular weight is 381 g/mol. The molecular weight excluding hydrogens is 360 g/mol. The number of para-hydroxylation sites is 1. The third-order valence-electron chi connectivity index (χ3n) is 5.30. The Labute approximate surface area is 162 Å². The number of benzene rings is 2. The number of rotatable bonds is 4. The lowest BCUT2D eigenvalue weighted by Crippen LogP contribution is -2.34. The molecule has 6 heteroatoms. The lowest BCUT2D eigenvalue weighted by molar-refractivity contribution is 0.0821. The van der Waals surface area contributed by atoms with Crippen LogP contribution in [0, 0.1) is 6.92 Å². The summed E-state index contributed by atoms with van der Waals surface area (Å²) in [6.07, 6.45) is 0.535. The second-order valence-corrected chi connectivity index (χ2v) is 7.31. The van der Waals surface area contributed by atoms with Crippen molar-refractivity contribution in [3.05, 3.63) is 65.2 Å². The molecule has 2 aromatic rings. The number of amidine groups is 1. The fourth-order valence-corrected chi connectivity index (χ4v) is 3.85. The van der Waals surface area contributed by atoms with Crippen molar-refractivity contribution in [1.29, 1.82) is 0 Å². The molecule has 0 radical (unpaired) electrons. The maximum atomic E-state index is 14.3. The van der Waals surface area contributed by atoms with Crippen molar-refractivity contribution in [2.45, 2.75) is 32.2 Å². The Bertz CT molecular complexity index is 1010. The summed E-state index contributed by atoms with van der Waals surface area (Å²) in [5.74, 6) is -3.18. The minimum absolute atomic E-state index is 0.216. The van der Waals surface area contributed by atoms with Gasteiger partial charge in [0.2, 0.25) is 0 Å². The summed E-state index contributed by atoms with van der Waals surface area (Å²) in [4.78, 5) is 17.2. The van der Waals surface area contributed by atoms with E-state index in [4.69, 9.17) is 0 Å². The topological polar surface area (TPSA) is 44.7 Å². The van der Waals surface area contributed by atoms with Crippen molar-refractivity contribution >= 4 is 29.2 Å². The number of hydrogen-bond acceptors (Lipinski definition) is 4. The summed E-state index contributed by atoms with van der Waals surface area (Å²) >= 11 is 0. The second kappa shape index (κ2) is 6.55. The number of halogens is 2. The number of aliphatic imine (C=N–C) groups is 1. The monoisotopic (exact) mass is 381 g/mol. The highest BCUT2D eigenvalue weighted by Gasteiger charge is 2.48. The Morgan fingerprint density at radius 3 is 2.82 bits per heavy atom. The van der Waals surface area contributed by atoms with Crippen LogP contribution < -0.4 is 5.32 Å². The number of aryl methyl sites for hydroxylation is 1. The van der Waals surface area contributed by atoms with Crippen molar-refractivity contribution in [2.75, 3.05) is 11.9 Å². The second-order valence-electron chi connectivity index (χ2n) is 7.31. The van der Waals surface area contributed by atoms with Gasteiger partial charge in [-0.25, -0.2) is 4.99 Å². The molecule has 0 saturated carbocycles. The summed E-state index contributed by atoms with van der Waals surface area (Å²) in [6, 6.07) is 10.8.